The van der Waals surface area contributed by atoms with Gasteiger partial charge < -0.3 is 15.8 Å². The van der Waals surface area contributed by atoms with Gasteiger partial charge in [0.25, 0.3) is 0 Å². The Kier molecular flexibility index (Phi) is 3.94. The van der Waals surface area contributed by atoms with Gasteiger partial charge >= 0.3 is 0 Å². The predicted molar refractivity (Wildman–Crippen MR) is 77.9 cm³/mol. The fourth-order valence-corrected chi connectivity index (χ4v) is 1.81. The molecule has 1 aromatic carbocycles. The van der Waals surface area contributed by atoms with Crippen molar-refractivity contribution in [3.8, 4) is 5.75 Å². The first-order chi connectivity index (χ1) is 9.11. The molecule has 3 N–H and O–H groups in total. The molecule has 0 amide bonds. The van der Waals surface area contributed by atoms with Crippen molar-refractivity contribution in [2.24, 2.45) is 7.05 Å². The second kappa shape index (κ2) is 5.65. The van der Waals surface area contributed by atoms with Crippen molar-refractivity contribution in [1.82, 2.24) is 9.78 Å². The number of anilines is 3. The lowest BCUT2D eigenvalue weighted by Crippen LogP contribution is -2.01. The largest absolute Gasteiger partial charge is 0.494 e. The smallest absolute Gasteiger partial charge is 0.152 e. The minimum atomic E-state index is 0.675. The van der Waals surface area contributed by atoms with Crippen LogP contribution in [-0.2, 0) is 7.05 Å². The minimum absolute atomic E-state index is 0.675. The van der Waals surface area contributed by atoms with Crippen molar-refractivity contribution < 1.29 is 4.74 Å². The van der Waals surface area contributed by atoms with Gasteiger partial charge in [-0.05, 0) is 37.6 Å². The Morgan fingerprint density at radius 3 is 2.53 bits per heavy atom. The normalized spacial score (nSPS) is 10.5. The number of ether oxygens (including phenoxy) is 1. The van der Waals surface area contributed by atoms with E-state index >= 15 is 0 Å². The van der Waals surface area contributed by atoms with Crippen LogP contribution in [-0.4, -0.2) is 16.4 Å². The van der Waals surface area contributed by atoms with E-state index in [0.717, 1.165) is 36.0 Å². The average molecular weight is 260 g/mol. The molecule has 5 heteroatoms. The van der Waals surface area contributed by atoms with E-state index in [1.54, 1.807) is 4.68 Å². The van der Waals surface area contributed by atoms with Gasteiger partial charge in [0.15, 0.2) is 5.82 Å². The van der Waals surface area contributed by atoms with E-state index in [1.807, 2.05) is 38.2 Å². The number of nitrogens with zero attached hydrogens (tertiary/aromatic N) is 2. The highest BCUT2D eigenvalue weighted by Crippen LogP contribution is 2.26. The number of nitrogen functional groups attached to an aromatic ring is 1. The summed E-state index contributed by atoms with van der Waals surface area (Å²) < 4.78 is 7.28. The quantitative estimate of drug-likeness (QED) is 0.867. The first-order valence-electron chi connectivity index (χ1n) is 6.40. The van der Waals surface area contributed by atoms with Crippen molar-refractivity contribution >= 4 is 17.2 Å². The van der Waals surface area contributed by atoms with Crippen LogP contribution in [0.3, 0.4) is 0 Å². The number of nitrogens with one attached hydrogen (secondary N) is 1. The summed E-state index contributed by atoms with van der Waals surface area (Å²) in [6, 6.07) is 7.81. The summed E-state index contributed by atoms with van der Waals surface area (Å²) >= 11 is 0. The molecule has 0 bridgehead atoms. The molecule has 0 radical (unpaired) electrons. The zero-order valence-electron chi connectivity index (χ0n) is 11.6. The van der Waals surface area contributed by atoms with Crippen molar-refractivity contribution in [1.29, 1.82) is 0 Å². The molecular formula is C14H20N4O. The van der Waals surface area contributed by atoms with Gasteiger partial charge in [0.05, 0.1) is 18.0 Å². The summed E-state index contributed by atoms with van der Waals surface area (Å²) in [5, 5.41) is 7.53. The first kappa shape index (κ1) is 13.3. The Hall–Kier alpha value is -2.17. The Bertz CT molecular complexity index is 545. The Labute approximate surface area is 113 Å². The number of hydrogen-bond donors (Lipinski definition) is 2. The number of rotatable bonds is 5. The predicted octanol–water partition coefficient (Wildman–Crippen LogP) is 2.84. The van der Waals surface area contributed by atoms with Crippen LogP contribution < -0.4 is 15.8 Å². The molecule has 0 saturated heterocycles. The van der Waals surface area contributed by atoms with Gasteiger partial charge in [-0.1, -0.05) is 6.92 Å². The molecule has 0 spiro atoms. The first-order valence-corrected chi connectivity index (χ1v) is 6.40. The van der Waals surface area contributed by atoms with Crippen LogP contribution >= 0.6 is 0 Å². The molecule has 5 nitrogen and oxygen atoms in total. The lowest BCUT2D eigenvalue weighted by molar-refractivity contribution is 0.317. The second-order valence-corrected chi connectivity index (χ2v) is 4.47. The highest BCUT2D eigenvalue weighted by molar-refractivity contribution is 5.71. The van der Waals surface area contributed by atoms with Gasteiger partial charge in [-0.25, -0.2) is 0 Å². The topological polar surface area (TPSA) is 65.1 Å². The summed E-state index contributed by atoms with van der Waals surface area (Å²) in [6.07, 6.45) is 1.00. The third kappa shape index (κ3) is 2.99. The summed E-state index contributed by atoms with van der Waals surface area (Å²) in [7, 11) is 1.87. The van der Waals surface area contributed by atoms with Crippen LogP contribution in [0.1, 0.15) is 19.0 Å². The van der Waals surface area contributed by atoms with Gasteiger partial charge in [-0.15, -0.1) is 0 Å². The zero-order chi connectivity index (χ0) is 13.8. The molecule has 1 heterocycles. The number of aromatic nitrogens is 2. The maximum absolute atomic E-state index is 5.98. The van der Waals surface area contributed by atoms with Crippen molar-refractivity contribution in [2.45, 2.75) is 20.3 Å². The number of nitrogens with two attached hydrogens (primary N) is 1. The fourth-order valence-electron chi connectivity index (χ4n) is 1.81. The summed E-state index contributed by atoms with van der Waals surface area (Å²) in [5.41, 5.74) is 8.43. The molecule has 0 unspecified atom stereocenters. The highest BCUT2D eigenvalue weighted by atomic mass is 16.5. The lowest BCUT2D eigenvalue weighted by Gasteiger charge is -2.09. The van der Waals surface area contributed by atoms with Crippen molar-refractivity contribution in [3.05, 3.63) is 30.0 Å². The van der Waals surface area contributed by atoms with Crippen molar-refractivity contribution in [3.63, 3.8) is 0 Å². The van der Waals surface area contributed by atoms with E-state index in [2.05, 4.69) is 17.3 Å². The molecule has 2 rings (SSSR count). The molecule has 0 atom stereocenters. The molecule has 0 aliphatic rings. The summed E-state index contributed by atoms with van der Waals surface area (Å²) in [6.45, 7) is 4.71. The zero-order valence-corrected chi connectivity index (χ0v) is 11.6. The van der Waals surface area contributed by atoms with E-state index in [0.29, 0.717) is 5.69 Å². The lowest BCUT2D eigenvalue weighted by atomic mass is 10.3. The molecule has 102 valence electrons. The summed E-state index contributed by atoms with van der Waals surface area (Å²) in [4.78, 5) is 0. The molecule has 0 fully saturated rings. The number of benzene rings is 1. The van der Waals surface area contributed by atoms with E-state index in [9.17, 15) is 0 Å². The van der Waals surface area contributed by atoms with Gasteiger partial charge in [0, 0.05) is 12.7 Å². The molecule has 0 aliphatic heterocycles. The highest BCUT2D eigenvalue weighted by Gasteiger charge is 2.09. The van der Waals surface area contributed by atoms with Crippen molar-refractivity contribution in [2.75, 3.05) is 17.7 Å². The van der Waals surface area contributed by atoms with Gasteiger partial charge in [-0.3, -0.25) is 4.68 Å². The Morgan fingerprint density at radius 2 is 2.00 bits per heavy atom. The fraction of sp³-hybridized carbons (Fsp3) is 0.357. The van der Waals surface area contributed by atoms with Crippen LogP contribution in [0.5, 0.6) is 5.75 Å². The van der Waals surface area contributed by atoms with Gasteiger partial charge in [0.2, 0.25) is 0 Å². The monoisotopic (exact) mass is 260 g/mol. The molecule has 1 aromatic heterocycles. The maximum Gasteiger partial charge on any atom is 0.152 e. The molecular weight excluding hydrogens is 240 g/mol. The third-order valence-corrected chi connectivity index (χ3v) is 2.86. The van der Waals surface area contributed by atoms with Crippen LogP contribution in [0, 0.1) is 6.92 Å². The molecule has 19 heavy (non-hydrogen) atoms. The average Bonchev–Trinajstić information content (AvgIpc) is 2.64. The number of hydrogen-bond acceptors (Lipinski definition) is 4. The standard InChI is InChI=1S/C14H20N4O/c1-4-9-19-12-7-5-11(6-8-12)16-14-13(15)10(2)17-18(14)3/h5-8,16H,4,9,15H2,1-3H3. The molecule has 2 aromatic rings. The second-order valence-electron chi connectivity index (χ2n) is 4.47. The van der Waals surface area contributed by atoms with E-state index in [-0.39, 0.29) is 0 Å². The Morgan fingerprint density at radius 1 is 1.32 bits per heavy atom. The van der Waals surface area contributed by atoms with Crippen LogP contribution in [0.2, 0.25) is 0 Å². The van der Waals surface area contributed by atoms with Gasteiger partial charge in [0.1, 0.15) is 5.75 Å². The SMILES string of the molecule is CCCOc1ccc(Nc2c(N)c(C)nn2C)cc1. The number of aryl methyl sites for hydroxylation is 2. The minimum Gasteiger partial charge on any atom is -0.494 e. The maximum atomic E-state index is 5.98. The van der Waals surface area contributed by atoms with Crippen LogP contribution in [0.25, 0.3) is 0 Å². The van der Waals surface area contributed by atoms with E-state index < -0.39 is 0 Å². The van der Waals surface area contributed by atoms with Crippen LogP contribution in [0.15, 0.2) is 24.3 Å². The summed E-state index contributed by atoms with van der Waals surface area (Å²) in [5.74, 6) is 1.68. The molecule has 0 saturated carbocycles. The van der Waals surface area contributed by atoms with E-state index in [4.69, 9.17) is 10.5 Å². The third-order valence-electron chi connectivity index (χ3n) is 2.86. The Balaban J connectivity index is 2.11. The van der Waals surface area contributed by atoms with E-state index in [1.165, 1.54) is 0 Å². The molecule has 0 aliphatic carbocycles. The van der Waals surface area contributed by atoms with Crippen LogP contribution in [0.4, 0.5) is 17.2 Å². The van der Waals surface area contributed by atoms with Gasteiger partial charge in [-0.2, -0.15) is 5.10 Å².